The van der Waals surface area contributed by atoms with Crippen LogP contribution in [0.25, 0.3) is 0 Å². The molecule has 0 saturated heterocycles. The third-order valence-corrected chi connectivity index (χ3v) is 4.01. The zero-order valence-corrected chi connectivity index (χ0v) is 14.1. The normalized spacial score (nSPS) is 10.5. The van der Waals surface area contributed by atoms with E-state index in [1.54, 1.807) is 12.1 Å². The van der Waals surface area contributed by atoms with Gasteiger partial charge in [0.25, 0.3) is 0 Å². The Hall–Kier alpha value is -1.07. The Morgan fingerprint density at radius 2 is 1.71 bits per heavy atom. The number of nitrogens with one attached hydrogen (secondary N) is 1. The molecule has 2 aromatic carbocycles. The zero-order chi connectivity index (χ0) is 15.4. The minimum absolute atomic E-state index is 0.193. The number of benzene rings is 2. The summed E-state index contributed by atoms with van der Waals surface area (Å²) in [4.78, 5) is 12.2. The third kappa shape index (κ3) is 4.20. The van der Waals surface area contributed by atoms with Gasteiger partial charge in [-0.3, -0.25) is 4.79 Å². The highest BCUT2D eigenvalue weighted by Gasteiger charge is 2.12. The predicted molar refractivity (Wildman–Crippen MR) is 90.8 cm³/mol. The van der Waals surface area contributed by atoms with Crippen LogP contribution in [-0.4, -0.2) is 5.91 Å². The average Bonchev–Trinajstić information content (AvgIpc) is 2.43. The van der Waals surface area contributed by atoms with Gasteiger partial charge in [-0.15, -0.1) is 0 Å². The molecule has 0 atom stereocenters. The average molecular weight is 388 g/mol. The highest BCUT2D eigenvalue weighted by molar-refractivity contribution is 9.10. The molecule has 0 bridgehead atoms. The van der Waals surface area contributed by atoms with Gasteiger partial charge in [0.15, 0.2) is 0 Å². The predicted octanol–water partition coefficient (Wildman–Crippen LogP) is 4.40. The first-order valence-electron chi connectivity index (χ1n) is 6.22. The summed E-state index contributed by atoms with van der Waals surface area (Å²) in [6.07, 6.45) is 0.218. The number of anilines is 1. The van der Waals surface area contributed by atoms with E-state index in [1.165, 1.54) is 0 Å². The Labute approximate surface area is 141 Å². The molecule has 2 rings (SSSR count). The summed E-state index contributed by atoms with van der Waals surface area (Å²) >= 11 is 15.5. The number of amides is 1. The highest BCUT2D eigenvalue weighted by Crippen LogP contribution is 2.33. The van der Waals surface area contributed by atoms with Crippen LogP contribution in [0.15, 0.2) is 40.9 Å². The van der Waals surface area contributed by atoms with Crippen LogP contribution in [0, 0.1) is 0 Å². The van der Waals surface area contributed by atoms with Crippen LogP contribution in [0.4, 0.5) is 5.69 Å². The topological polar surface area (TPSA) is 55.1 Å². The maximum Gasteiger partial charge on any atom is 0.228 e. The van der Waals surface area contributed by atoms with Crippen molar-refractivity contribution in [3.05, 3.63) is 62.0 Å². The lowest BCUT2D eigenvalue weighted by Gasteiger charge is -2.11. The van der Waals surface area contributed by atoms with E-state index in [9.17, 15) is 4.79 Å². The van der Waals surface area contributed by atoms with Gasteiger partial charge in [-0.25, -0.2) is 0 Å². The minimum Gasteiger partial charge on any atom is -0.326 e. The third-order valence-electron chi connectivity index (χ3n) is 2.96. The van der Waals surface area contributed by atoms with Gasteiger partial charge in [-0.05, 0) is 23.3 Å². The van der Waals surface area contributed by atoms with Crippen molar-refractivity contribution in [1.82, 2.24) is 0 Å². The van der Waals surface area contributed by atoms with E-state index >= 15 is 0 Å². The van der Waals surface area contributed by atoms with E-state index in [-0.39, 0.29) is 12.3 Å². The second-order valence-corrected chi connectivity index (χ2v) is 6.17. The van der Waals surface area contributed by atoms with Crippen LogP contribution < -0.4 is 11.1 Å². The molecule has 6 heteroatoms. The number of hydrogen-bond acceptors (Lipinski definition) is 2. The summed E-state index contributed by atoms with van der Waals surface area (Å²) in [5.41, 5.74) is 7.91. The van der Waals surface area contributed by atoms with Crippen molar-refractivity contribution in [2.75, 3.05) is 5.32 Å². The lowest BCUT2D eigenvalue weighted by molar-refractivity contribution is -0.115. The molecule has 21 heavy (non-hydrogen) atoms. The summed E-state index contributed by atoms with van der Waals surface area (Å²) in [6.45, 7) is 0.392. The second-order valence-electron chi connectivity index (χ2n) is 4.44. The standard InChI is InChI=1S/C15H13BrCl2N2O/c16-11-6-12(17)15(13(18)7-11)20-14(21)5-9-3-1-2-4-10(9)8-19/h1-4,6-7H,5,8,19H2,(H,20,21). The van der Waals surface area contributed by atoms with Crippen molar-refractivity contribution in [3.8, 4) is 0 Å². The molecule has 0 unspecified atom stereocenters. The fourth-order valence-electron chi connectivity index (χ4n) is 1.95. The van der Waals surface area contributed by atoms with Crippen LogP contribution in [0.3, 0.4) is 0 Å². The van der Waals surface area contributed by atoms with E-state index in [2.05, 4.69) is 21.2 Å². The Bertz CT molecular complexity index is 653. The van der Waals surface area contributed by atoms with Gasteiger partial charge in [0.2, 0.25) is 5.91 Å². The van der Waals surface area contributed by atoms with Crippen molar-refractivity contribution in [1.29, 1.82) is 0 Å². The summed E-state index contributed by atoms with van der Waals surface area (Å²) in [5.74, 6) is -0.193. The molecule has 2 aromatic rings. The van der Waals surface area contributed by atoms with Gasteiger partial charge in [0.1, 0.15) is 0 Å². The molecule has 110 valence electrons. The van der Waals surface area contributed by atoms with Crippen LogP contribution in [0.1, 0.15) is 11.1 Å². The van der Waals surface area contributed by atoms with Gasteiger partial charge in [0, 0.05) is 11.0 Å². The number of carbonyl (C=O) groups is 1. The summed E-state index contributed by atoms with van der Waals surface area (Å²) in [7, 11) is 0. The molecule has 3 N–H and O–H groups in total. The quantitative estimate of drug-likeness (QED) is 0.816. The molecule has 0 spiro atoms. The largest absolute Gasteiger partial charge is 0.326 e. The second kappa shape index (κ2) is 7.27. The number of rotatable bonds is 4. The first-order valence-corrected chi connectivity index (χ1v) is 7.77. The van der Waals surface area contributed by atoms with E-state index in [0.29, 0.717) is 22.3 Å². The van der Waals surface area contributed by atoms with Crippen LogP contribution >= 0.6 is 39.1 Å². The van der Waals surface area contributed by atoms with Gasteiger partial charge < -0.3 is 11.1 Å². The van der Waals surface area contributed by atoms with Gasteiger partial charge in [0.05, 0.1) is 22.2 Å². The first kappa shape index (κ1) is 16.3. The Balaban J connectivity index is 2.16. The molecule has 0 aliphatic heterocycles. The highest BCUT2D eigenvalue weighted by atomic mass is 79.9. The SMILES string of the molecule is NCc1ccccc1CC(=O)Nc1c(Cl)cc(Br)cc1Cl. The van der Waals surface area contributed by atoms with Gasteiger partial charge in [-0.2, -0.15) is 0 Å². The molecular formula is C15H13BrCl2N2O. The molecular weight excluding hydrogens is 375 g/mol. The summed E-state index contributed by atoms with van der Waals surface area (Å²) < 4.78 is 0.754. The van der Waals surface area contributed by atoms with Gasteiger partial charge in [-0.1, -0.05) is 63.4 Å². The van der Waals surface area contributed by atoms with Crippen molar-refractivity contribution < 1.29 is 4.79 Å². The maximum atomic E-state index is 12.2. The lowest BCUT2D eigenvalue weighted by atomic mass is 10.0. The fraction of sp³-hybridized carbons (Fsp3) is 0.133. The first-order chi connectivity index (χ1) is 10.0. The lowest BCUT2D eigenvalue weighted by Crippen LogP contribution is -2.16. The van der Waals surface area contributed by atoms with Crippen LogP contribution in [0.5, 0.6) is 0 Å². The van der Waals surface area contributed by atoms with E-state index in [1.807, 2.05) is 24.3 Å². The minimum atomic E-state index is -0.193. The zero-order valence-electron chi connectivity index (χ0n) is 11.0. The van der Waals surface area contributed by atoms with E-state index in [0.717, 1.165) is 15.6 Å². The molecule has 0 saturated carbocycles. The Morgan fingerprint density at radius 3 is 2.29 bits per heavy atom. The monoisotopic (exact) mass is 386 g/mol. The molecule has 0 radical (unpaired) electrons. The smallest absolute Gasteiger partial charge is 0.228 e. The molecule has 1 amide bonds. The Kier molecular flexibility index (Phi) is 5.65. The fourth-order valence-corrected chi connectivity index (χ4v) is 3.25. The van der Waals surface area contributed by atoms with Crippen LogP contribution in [-0.2, 0) is 17.8 Å². The molecule has 0 aliphatic rings. The maximum absolute atomic E-state index is 12.2. The van der Waals surface area contributed by atoms with E-state index in [4.69, 9.17) is 28.9 Å². The van der Waals surface area contributed by atoms with Crippen molar-refractivity contribution >= 4 is 50.7 Å². The number of nitrogens with two attached hydrogens (primary N) is 1. The molecule has 0 aromatic heterocycles. The van der Waals surface area contributed by atoms with E-state index < -0.39 is 0 Å². The Morgan fingerprint density at radius 1 is 1.14 bits per heavy atom. The van der Waals surface area contributed by atoms with Gasteiger partial charge >= 0.3 is 0 Å². The molecule has 0 fully saturated rings. The van der Waals surface area contributed by atoms with Crippen LogP contribution in [0.2, 0.25) is 10.0 Å². The number of hydrogen-bond donors (Lipinski definition) is 2. The van der Waals surface area contributed by atoms with Crippen molar-refractivity contribution in [2.45, 2.75) is 13.0 Å². The molecule has 0 heterocycles. The van der Waals surface area contributed by atoms with Crippen molar-refractivity contribution in [2.24, 2.45) is 5.73 Å². The summed E-state index contributed by atoms with van der Waals surface area (Å²) in [5, 5.41) is 3.51. The number of carbonyl (C=O) groups excluding carboxylic acids is 1. The number of halogens is 3. The molecule has 0 aliphatic carbocycles. The summed E-state index contributed by atoms with van der Waals surface area (Å²) in [6, 6.07) is 10.9. The molecule has 3 nitrogen and oxygen atoms in total. The van der Waals surface area contributed by atoms with Crippen molar-refractivity contribution in [3.63, 3.8) is 0 Å².